The molecular weight excluding hydrogens is 448 g/mol. The number of para-hydroxylation sites is 2. The number of fused-ring (bicyclic) bond motifs is 2. The second kappa shape index (κ2) is 9.48. The normalized spacial score (nSPS) is 12.4. The summed E-state index contributed by atoms with van der Waals surface area (Å²) in [6.45, 7) is 1.46. The van der Waals surface area contributed by atoms with E-state index in [9.17, 15) is 9.59 Å². The van der Waals surface area contributed by atoms with Gasteiger partial charge in [-0.2, -0.15) is 4.68 Å². The summed E-state index contributed by atoms with van der Waals surface area (Å²) in [5, 5.41) is 15.2. The lowest BCUT2D eigenvalue weighted by Gasteiger charge is -2.24. The maximum atomic E-state index is 13.6. The number of carbonyl (C=O) groups excluding carboxylic acids is 2. The summed E-state index contributed by atoms with van der Waals surface area (Å²) in [6.07, 6.45) is 1.77. The molecule has 34 heavy (non-hydrogen) atoms. The summed E-state index contributed by atoms with van der Waals surface area (Å²) in [5.74, 6) is -0.00327. The van der Waals surface area contributed by atoms with Gasteiger partial charge in [-0.25, -0.2) is 0 Å². The van der Waals surface area contributed by atoms with Crippen molar-refractivity contribution in [1.29, 1.82) is 0 Å². The third-order valence-electron chi connectivity index (χ3n) is 5.58. The third kappa shape index (κ3) is 4.42. The van der Waals surface area contributed by atoms with Crippen molar-refractivity contribution in [3.05, 3.63) is 83.9 Å². The minimum Gasteiger partial charge on any atom is -0.326 e. The van der Waals surface area contributed by atoms with Gasteiger partial charge >= 0.3 is 0 Å². The van der Waals surface area contributed by atoms with Crippen LogP contribution in [0.1, 0.15) is 18.1 Å². The highest BCUT2D eigenvalue weighted by Crippen LogP contribution is 2.36. The Bertz CT molecular complexity index is 1300. The number of hydrogen-bond donors (Lipinski definition) is 1. The number of amides is 2. The van der Waals surface area contributed by atoms with E-state index in [0.29, 0.717) is 10.8 Å². The fraction of sp³-hybridized carbons (Fsp3) is 0.160. The molecule has 9 heteroatoms. The first-order chi connectivity index (χ1) is 16.6. The number of hydrogen-bond acceptors (Lipinski definition) is 6. The molecule has 0 spiro atoms. The molecule has 2 amide bonds. The maximum absolute atomic E-state index is 13.6. The van der Waals surface area contributed by atoms with Crippen molar-refractivity contribution >= 4 is 40.6 Å². The van der Waals surface area contributed by atoms with Crippen LogP contribution in [-0.4, -0.2) is 37.8 Å². The molecule has 1 N–H and O–H groups in total. The Balaban J connectivity index is 1.38. The lowest BCUT2D eigenvalue weighted by Crippen LogP contribution is -2.28. The first-order valence-electron chi connectivity index (χ1n) is 10.9. The van der Waals surface area contributed by atoms with E-state index in [4.69, 9.17) is 0 Å². The topological polar surface area (TPSA) is 93.0 Å². The molecule has 5 rings (SSSR count). The smallest absolute Gasteiger partial charge is 0.242 e. The number of nitrogens with one attached hydrogen (secondary N) is 1. The van der Waals surface area contributed by atoms with Crippen molar-refractivity contribution in [2.75, 3.05) is 16.0 Å². The molecule has 0 saturated carbocycles. The minimum atomic E-state index is -0.137. The van der Waals surface area contributed by atoms with E-state index in [1.165, 1.54) is 18.7 Å². The fourth-order valence-electron chi connectivity index (χ4n) is 4.06. The zero-order chi connectivity index (χ0) is 23.5. The second-order valence-corrected chi connectivity index (χ2v) is 8.82. The molecule has 170 valence electrons. The van der Waals surface area contributed by atoms with Crippen LogP contribution in [0, 0.1) is 0 Å². The Kier molecular flexibility index (Phi) is 6.09. The monoisotopic (exact) mass is 470 g/mol. The Morgan fingerprint density at radius 1 is 0.912 bits per heavy atom. The second-order valence-electron chi connectivity index (χ2n) is 7.88. The van der Waals surface area contributed by atoms with Crippen LogP contribution in [0.3, 0.4) is 0 Å². The molecule has 2 heterocycles. The number of carbonyl (C=O) groups is 2. The molecule has 0 atom stereocenters. The van der Waals surface area contributed by atoms with Crippen molar-refractivity contribution in [1.82, 2.24) is 20.2 Å². The Morgan fingerprint density at radius 2 is 1.53 bits per heavy atom. The van der Waals surface area contributed by atoms with Crippen molar-refractivity contribution < 1.29 is 9.59 Å². The molecule has 0 saturated heterocycles. The Morgan fingerprint density at radius 3 is 2.15 bits per heavy atom. The van der Waals surface area contributed by atoms with Gasteiger partial charge in [-0.15, -0.1) is 5.10 Å². The van der Waals surface area contributed by atoms with E-state index in [0.717, 1.165) is 41.0 Å². The first-order valence-corrected chi connectivity index (χ1v) is 11.9. The van der Waals surface area contributed by atoms with Crippen molar-refractivity contribution in [3.63, 3.8) is 0 Å². The lowest BCUT2D eigenvalue weighted by atomic mass is 10.0. The molecule has 1 aliphatic heterocycles. The third-order valence-corrected chi connectivity index (χ3v) is 6.48. The summed E-state index contributed by atoms with van der Waals surface area (Å²) >= 11 is 1.29. The van der Waals surface area contributed by atoms with E-state index in [1.54, 1.807) is 16.8 Å². The molecule has 8 nitrogen and oxygen atoms in total. The summed E-state index contributed by atoms with van der Waals surface area (Å²) in [7, 11) is 0. The number of tetrazole rings is 1. The zero-order valence-corrected chi connectivity index (χ0v) is 19.3. The predicted molar refractivity (Wildman–Crippen MR) is 132 cm³/mol. The highest BCUT2D eigenvalue weighted by molar-refractivity contribution is 7.99. The Labute approximate surface area is 201 Å². The largest absolute Gasteiger partial charge is 0.326 e. The molecule has 4 aromatic rings. The quantitative estimate of drug-likeness (QED) is 0.440. The lowest BCUT2D eigenvalue weighted by molar-refractivity contribution is -0.115. The van der Waals surface area contributed by atoms with E-state index in [1.807, 2.05) is 53.4 Å². The standard InChI is InChI=1S/C25H22N6O2S/c1-17(32)26-20-12-14-21(15-13-20)31-25(27-28-29-31)34-16-24(33)30-22-8-4-2-6-18(22)10-11-19-7-3-5-9-23(19)30/h2-9,12-15H,10-11,16H2,1H3,(H,26,32). The van der Waals surface area contributed by atoms with Gasteiger partial charge in [0.15, 0.2) is 0 Å². The van der Waals surface area contributed by atoms with E-state index < -0.39 is 0 Å². The van der Waals surface area contributed by atoms with E-state index in [2.05, 4.69) is 33.0 Å². The van der Waals surface area contributed by atoms with Crippen molar-refractivity contribution in [3.8, 4) is 5.69 Å². The zero-order valence-electron chi connectivity index (χ0n) is 18.5. The molecule has 0 aliphatic carbocycles. The van der Waals surface area contributed by atoms with Gasteiger partial charge in [0, 0.05) is 12.6 Å². The van der Waals surface area contributed by atoms with Crippen LogP contribution >= 0.6 is 11.8 Å². The summed E-state index contributed by atoms with van der Waals surface area (Å²) in [6, 6.07) is 23.3. The molecule has 0 fully saturated rings. The minimum absolute atomic E-state index is 0.0395. The number of benzene rings is 3. The number of thioether (sulfide) groups is 1. The summed E-state index contributed by atoms with van der Waals surface area (Å²) in [4.78, 5) is 26.6. The number of aromatic nitrogens is 4. The number of nitrogens with zero attached hydrogens (tertiary/aromatic N) is 5. The van der Waals surface area contributed by atoms with Crippen LogP contribution in [0.25, 0.3) is 5.69 Å². The van der Waals surface area contributed by atoms with Gasteiger partial charge in [0.25, 0.3) is 0 Å². The first kappa shape index (κ1) is 21.8. The average Bonchev–Trinajstić information content (AvgIpc) is 3.24. The molecule has 1 aliphatic rings. The van der Waals surface area contributed by atoms with Crippen LogP contribution in [-0.2, 0) is 22.4 Å². The molecule has 0 bridgehead atoms. The van der Waals surface area contributed by atoms with Gasteiger partial charge in [-0.3, -0.25) is 14.5 Å². The number of anilines is 3. The van der Waals surface area contributed by atoms with Crippen LogP contribution in [0.5, 0.6) is 0 Å². The number of rotatable bonds is 5. The van der Waals surface area contributed by atoms with Gasteiger partial charge in [0.1, 0.15) is 0 Å². The maximum Gasteiger partial charge on any atom is 0.242 e. The Hall–Kier alpha value is -3.98. The van der Waals surface area contributed by atoms with E-state index >= 15 is 0 Å². The molecule has 3 aromatic carbocycles. The molecule has 0 radical (unpaired) electrons. The van der Waals surface area contributed by atoms with Gasteiger partial charge in [-0.05, 0) is 70.8 Å². The van der Waals surface area contributed by atoms with Crippen LogP contribution in [0.4, 0.5) is 17.1 Å². The SMILES string of the molecule is CC(=O)Nc1ccc(-n2nnnc2SCC(=O)N2c3ccccc3CCc3ccccc32)cc1. The fourth-order valence-corrected chi connectivity index (χ4v) is 4.80. The molecule has 1 aromatic heterocycles. The molecule has 0 unspecified atom stereocenters. The van der Waals surface area contributed by atoms with Crippen LogP contribution in [0.2, 0.25) is 0 Å². The highest BCUT2D eigenvalue weighted by atomic mass is 32.2. The predicted octanol–water partition coefficient (Wildman–Crippen LogP) is 4.18. The average molecular weight is 471 g/mol. The van der Waals surface area contributed by atoms with Crippen molar-refractivity contribution in [2.24, 2.45) is 0 Å². The van der Waals surface area contributed by atoms with Gasteiger partial charge in [-0.1, -0.05) is 48.2 Å². The van der Waals surface area contributed by atoms with Crippen LogP contribution in [0.15, 0.2) is 78.0 Å². The van der Waals surface area contributed by atoms with Gasteiger partial charge in [0.2, 0.25) is 17.0 Å². The number of aryl methyl sites for hydroxylation is 2. The van der Waals surface area contributed by atoms with Crippen LogP contribution < -0.4 is 10.2 Å². The molecular formula is C25H22N6O2S. The highest BCUT2D eigenvalue weighted by Gasteiger charge is 2.26. The van der Waals surface area contributed by atoms with Gasteiger partial charge < -0.3 is 5.32 Å². The van der Waals surface area contributed by atoms with Gasteiger partial charge in [0.05, 0.1) is 22.8 Å². The van der Waals surface area contributed by atoms with Crippen molar-refractivity contribution in [2.45, 2.75) is 24.9 Å². The summed E-state index contributed by atoms with van der Waals surface area (Å²) < 4.78 is 1.58. The van der Waals surface area contributed by atoms with E-state index in [-0.39, 0.29) is 17.6 Å². The summed E-state index contributed by atoms with van der Waals surface area (Å²) in [5.41, 5.74) is 5.58.